The Labute approximate surface area is 141 Å². The van der Waals surface area contributed by atoms with Crippen molar-refractivity contribution in [2.45, 2.75) is 31.0 Å². The van der Waals surface area contributed by atoms with E-state index in [2.05, 4.69) is 4.72 Å². The van der Waals surface area contributed by atoms with Gasteiger partial charge in [-0.15, -0.1) is 0 Å². The summed E-state index contributed by atoms with van der Waals surface area (Å²) < 4.78 is 31.5. The summed E-state index contributed by atoms with van der Waals surface area (Å²) in [4.78, 5) is 14.5. The van der Waals surface area contributed by atoms with Gasteiger partial charge in [0.25, 0.3) is 5.91 Å². The zero-order valence-corrected chi connectivity index (χ0v) is 14.1. The molecule has 128 valence electrons. The van der Waals surface area contributed by atoms with Gasteiger partial charge in [0.2, 0.25) is 10.0 Å². The minimum absolute atomic E-state index is 0.156. The number of carbonyl (C=O) groups excluding carboxylic acids is 1. The van der Waals surface area contributed by atoms with Gasteiger partial charge in [-0.05, 0) is 31.0 Å². The molecule has 0 aliphatic carbocycles. The average Bonchev–Trinajstić information content (AvgIpc) is 2.91. The van der Waals surface area contributed by atoms with Crippen LogP contribution in [0.3, 0.4) is 0 Å². The quantitative estimate of drug-likeness (QED) is 0.855. The fourth-order valence-corrected chi connectivity index (χ4v) is 4.21. The number of carbonyl (C=O) groups is 1. The van der Waals surface area contributed by atoms with Gasteiger partial charge in [0.15, 0.2) is 0 Å². The van der Waals surface area contributed by atoms with E-state index in [-0.39, 0.29) is 24.6 Å². The van der Waals surface area contributed by atoms with Crippen LogP contribution in [0, 0.1) is 11.3 Å². The van der Waals surface area contributed by atoms with Crippen LogP contribution in [0.4, 0.5) is 0 Å². The van der Waals surface area contributed by atoms with Gasteiger partial charge in [-0.2, -0.15) is 5.26 Å². The fourth-order valence-electron chi connectivity index (χ4n) is 3.46. The zero-order chi connectivity index (χ0) is 17.3. The van der Waals surface area contributed by atoms with E-state index >= 15 is 0 Å². The summed E-state index contributed by atoms with van der Waals surface area (Å²) in [5, 5.41) is 8.99. The van der Waals surface area contributed by atoms with Gasteiger partial charge in [-0.25, -0.2) is 13.1 Å². The highest BCUT2D eigenvalue weighted by Crippen LogP contribution is 2.30. The number of sulfonamides is 1. The molecular weight excluding hydrogens is 330 g/mol. The summed E-state index contributed by atoms with van der Waals surface area (Å²) in [5.41, 5.74) is 0.848. The predicted molar refractivity (Wildman–Crippen MR) is 86.7 cm³/mol. The lowest BCUT2D eigenvalue weighted by Crippen LogP contribution is -2.47. The van der Waals surface area contributed by atoms with Crippen molar-refractivity contribution >= 4 is 15.9 Å². The Morgan fingerprint density at radius 3 is 2.96 bits per heavy atom. The summed E-state index contributed by atoms with van der Waals surface area (Å²) >= 11 is 0. The smallest absolute Gasteiger partial charge is 0.254 e. The lowest BCUT2D eigenvalue weighted by atomic mass is 10.0. The first-order valence-electron chi connectivity index (χ1n) is 7.79. The first kappa shape index (κ1) is 16.9. The van der Waals surface area contributed by atoms with E-state index in [9.17, 15) is 13.2 Å². The number of amides is 1. The standard InChI is InChI=1S/C16H19N3O4S/c1-24(21,22)18-13-10-19(14-6-3-7-23-15(13)14)16(20)12-5-2-4-11(8-12)9-17/h2,4-5,8,13-15,18H,3,6-7,10H2,1H3/t13-,14-,15-/m1/s1. The van der Waals surface area contributed by atoms with Crippen molar-refractivity contribution in [2.24, 2.45) is 0 Å². The highest BCUT2D eigenvalue weighted by Gasteiger charge is 2.47. The van der Waals surface area contributed by atoms with Crippen molar-refractivity contribution < 1.29 is 17.9 Å². The van der Waals surface area contributed by atoms with Gasteiger partial charge in [-0.3, -0.25) is 4.79 Å². The molecule has 0 spiro atoms. The second-order valence-corrected chi connectivity index (χ2v) is 7.97. The van der Waals surface area contributed by atoms with Crippen LogP contribution in [0.25, 0.3) is 0 Å². The lowest BCUT2D eigenvalue weighted by Gasteiger charge is -2.32. The highest BCUT2D eigenvalue weighted by molar-refractivity contribution is 7.88. The van der Waals surface area contributed by atoms with Crippen molar-refractivity contribution in [3.63, 3.8) is 0 Å². The maximum Gasteiger partial charge on any atom is 0.254 e. The summed E-state index contributed by atoms with van der Waals surface area (Å²) in [6, 6.07) is 7.94. The normalized spacial score (nSPS) is 26.7. The van der Waals surface area contributed by atoms with E-state index < -0.39 is 16.1 Å². The van der Waals surface area contributed by atoms with E-state index in [0.29, 0.717) is 17.7 Å². The molecule has 2 fully saturated rings. The topological polar surface area (TPSA) is 99.5 Å². The second-order valence-electron chi connectivity index (χ2n) is 6.19. The van der Waals surface area contributed by atoms with E-state index in [1.54, 1.807) is 29.2 Å². The Morgan fingerprint density at radius 2 is 2.25 bits per heavy atom. The molecule has 1 aromatic rings. The predicted octanol–water partition coefficient (Wildman–Crippen LogP) is 0.479. The molecule has 2 aliphatic rings. The van der Waals surface area contributed by atoms with Crippen LogP contribution >= 0.6 is 0 Å². The van der Waals surface area contributed by atoms with Crippen LogP contribution in [0.2, 0.25) is 0 Å². The molecule has 2 aliphatic heterocycles. The fraction of sp³-hybridized carbons (Fsp3) is 0.500. The monoisotopic (exact) mass is 349 g/mol. The molecule has 3 rings (SSSR count). The van der Waals surface area contributed by atoms with Gasteiger partial charge in [0.05, 0.1) is 36.1 Å². The van der Waals surface area contributed by atoms with Crippen molar-refractivity contribution in [3.8, 4) is 6.07 Å². The van der Waals surface area contributed by atoms with E-state index in [4.69, 9.17) is 10.00 Å². The molecule has 1 aromatic carbocycles. The Hall–Kier alpha value is -1.95. The molecule has 8 heteroatoms. The Bertz CT molecular complexity index is 787. The zero-order valence-electron chi connectivity index (χ0n) is 13.3. The van der Waals surface area contributed by atoms with Crippen molar-refractivity contribution in [1.82, 2.24) is 9.62 Å². The van der Waals surface area contributed by atoms with Crippen molar-refractivity contribution in [1.29, 1.82) is 5.26 Å². The largest absolute Gasteiger partial charge is 0.374 e. The molecule has 0 saturated carbocycles. The number of nitrogens with one attached hydrogen (secondary N) is 1. The number of hydrogen-bond donors (Lipinski definition) is 1. The van der Waals surface area contributed by atoms with Crippen LogP contribution in [0.1, 0.15) is 28.8 Å². The number of likely N-dealkylation sites (tertiary alicyclic amines) is 1. The Kier molecular flexibility index (Phi) is 4.58. The van der Waals surface area contributed by atoms with Crippen LogP contribution < -0.4 is 4.72 Å². The molecule has 1 amide bonds. The molecule has 0 aromatic heterocycles. The molecule has 7 nitrogen and oxygen atoms in total. The molecule has 1 N–H and O–H groups in total. The van der Waals surface area contributed by atoms with Crippen LogP contribution in [0.5, 0.6) is 0 Å². The van der Waals surface area contributed by atoms with Gasteiger partial charge in [0, 0.05) is 18.7 Å². The summed E-state index contributed by atoms with van der Waals surface area (Å²) in [6.45, 7) is 0.826. The minimum Gasteiger partial charge on any atom is -0.374 e. The third-order valence-electron chi connectivity index (χ3n) is 4.39. The minimum atomic E-state index is -3.39. The van der Waals surface area contributed by atoms with Gasteiger partial charge >= 0.3 is 0 Å². The first-order valence-corrected chi connectivity index (χ1v) is 9.68. The van der Waals surface area contributed by atoms with E-state index in [1.807, 2.05) is 6.07 Å². The molecule has 3 atom stereocenters. The number of ether oxygens (including phenoxy) is 1. The Morgan fingerprint density at radius 1 is 1.46 bits per heavy atom. The summed E-state index contributed by atoms with van der Waals surface area (Å²) in [5.74, 6) is -0.203. The third kappa shape index (κ3) is 3.43. The number of nitrogens with zero attached hydrogens (tertiary/aromatic N) is 2. The molecule has 2 saturated heterocycles. The lowest BCUT2D eigenvalue weighted by molar-refractivity contribution is -0.0156. The van der Waals surface area contributed by atoms with E-state index in [1.165, 1.54) is 0 Å². The molecule has 24 heavy (non-hydrogen) atoms. The first-order chi connectivity index (χ1) is 11.4. The number of rotatable bonds is 3. The highest BCUT2D eigenvalue weighted by atomic mass is 32.2. The SMILES string of the molecule is CS(=O)(=O)N[C@@H]1CN(C(=O)c2cccc(C#N)c2)[C@@H]2CCCO[C@@H]21. The van der Waals surface area contributed by atoms with Gasteiger partial charge in [0.1, 0.15) is 0 Å². The van der Waals surface area contributed by atoms with Gasteiger partial charge < -0.3 is 9.64 Å². The number of nitriles is 1. The molecule has 2 heterocycles. The number of fused-ring (bicyclic) bond motifs is 1. The van der Waals surface area contributed by atoms with Crippen molar-refractivity contribution in [2.75, 3.05) is 19.4 Å². The summed E-state index contributed by atoms with van der Waals surface area (Å²) in [6.07, 6.45) is 2.37. The van der Waals surface area contributed by atoms with Crippen LogP contribution in [-0.2, 0) is 14.8 Å². The van der Waals surface area contributed by atoms with E-state index in [0.717, 1.165) is 19.1 Å². The third-order valence-corrected chi connectivity index (χ3v) is 5.12. The number of hydrogen-bond acceptors (Lipinski definition) is 5. The Balaban J connectivity index is 1.86. The molecular formula is C16H19N3O4S. The number of benzene rings is 1. The van der Waals surface area contributed by atoms with Gasteiger partial charge in [-0.1, -0.05) is 6.07 Å². The average molecular weight is 349 g/mol. The maximum atomic E-state index is 12.9. The van der Waals surface area contributed by atoms with Crippen LogP contribution in [0.15, 0.2) is 24.3 Å². The molecule has 0 radical (unpaired) electrons. The second kappa shape index (κ2) is 6.51. The van der Waals surface area contributed by atoms with Crippen LogP contribution in [-0.4, -0.2) is 56.8 Å². The summed E-state index contributed by atoms with van der Waals surface area (Å²) in [7, 11) is -3.39. The maximum absolute atomic E-state index is 12.9. The molecule has 0 unspecified atom stereocenters. The van der Waals surface area contributed by atoms with Crippen molar-refractivity contribution in [3.05, 3.63) is 35.4 Å². The molecule has 0 bridgehead atoms.